The van der Waals surface area contributed by atoms with Gasteiger partial charge in [0.15, 0.2) is 0 Å². The van der Waals surface area contributed by atoms with Gasteiger partial charge in [0.2, 0.25) is 11.8 Å². The lowest BCUT2D eigenvalue weighted by atomic mass is 9.97. The first-order valence-electron chi connectivity index (χ1n) is 11.7. The van der Waals surface area contributed by atoms with E-state index in [-0.39, 0.29) is 50.1 Å². The summed E-state index contributed by atoms with van der Waals surface area (Å²) in [5.74, 6) is -1.26. The summed E-state index contributed by atoms with van der Waals surface area (Å²) >= 11 is 0. The lowest BCUT2D eigenvalue weighted by Crippen LogP contribution is -2.44. The van der Waals surface area contributed by atoms with Gasteiger partial charge in [0.25, 0.3) is 0 Å². The zero-order valence-electron chi connectivity index (χ0n) is 19.2. The fourth-order valence-corrected chi connectivity index (χ4v) is 3.55. The molecule has 182 valence electrons. The molecule has 1 heterocycles. The highest BCUT2D eigenvalue weighted by Gasteiger charge is 2.24. The average Bonchev–Trinajstić information content (AvgIpc) is 2.81. The number of hydrogen-bond acceptors (Lipinski definition) is 6. The number of carbonyl (C=O) groups excluding carboxylic acids is 3. The van der Waals surface area contributed by atoms with Crippen LogP contribution >= 0.6 is 0 Å². The second-order valence-electron chi connectivity index (χ2n) is 8.12. The Morgan fingerprint density at radius 3 is 2.76 bits per heavy atom. The molecule has 1 aromatic rings. The van der Waals surface area contributed by atoms with E-state index in [0.717, 1.165) is 24.8 Å². The van der Waals surface area contributed by atoms with Crippen LogP contribution in [-0.2, 0) is 30.3 Å². The largest absolute Gasteiger partial charge is 0.463 e. The third-order valence-electron chi connectivity index (χ3n) is 5.31. The molecule has 1 aromatic carbocycles. The average molecular weight is 461 g/mol. The number of allylic oxidation sites excluding steroid dienone is 2. The summed E-state index contributed by atoms with van der Waals surface area (Å²) < 4.78 is 10.6. The number of aliphatic hydroxyl groups is 1. The molecule has 2 atom stereocenters. The van der Waals surface area contributed by atoms with Gasteiger partial charge in [-0.1, -0.05) is 42.5 Å². The Hall–Kier alpha value is -2.71. The molecule has 0 radical (unpaired) electrons. The number of aliphatic hydroxyl groups excluding tert-OH is 1. The predicted molar refractivity (Wildman–Crippen MR) is 124 cm³/mol. The van der Waals surface area contributed by atoms with Crippen LogP contribution < -0.4 is 10.6 Å². The maximum atomic E-state index is 13.1. The minimum Gasteiger partial charge on any atom is -0.463 e. The Balaban J connectivity index is 2.03. The molecule has 0 spiro atoms. The first-order valence-corrected chi connectivity index (χ1v) is 11.7. The Kier molecular flexibility index (Phi) is 12.9. The third-order valence-corrected chi connectivity index (χ3v) is 5.31. The van der Waals surface area contributed by atoms with Crippen molar-refractivity contribution in [1.29, 1.82) is 0 Å². The quantitative estimate of drug-likeness (QED) is 0.295. The minimum absolute atomic E-state index is 0.0496. The van der Waals surface area contributed by atoms with E-state index in [1.165, 1.54) is 0 Å². The van der Waals surface area contributed by atoms with Crippen LogP contribution in [0.3, 0.4) is 0 Å². The maximum absolute atomic E-state index is 13.1. The summed E-state index contributed by atoms with van der Waals surface area (Å²) in [5, 5.41) is 14.5. The van der Waals surface area contributed by atoms with Crippen molar-refractivity contribution >= 4 is 17.8 Å². The highest BCUT2D eigenvalue weighted by atomic mass is 16.5. The smallest absolute Gasteiger partial charge is 0.305 e. The van der Waals surface area contributed by atoms with Crippen molar-refractivity contribution in [3.63, 3.8) is 0 Å². The third kappa shape index (κ3) is 11.6. The van der Waals surface area contributed by atoms with Crippen LogP contribution in [0.2, 0.25) is 0 Å². The van der Waals surface area contributed by atoms with E-state index in [9.17, 15) is 14.4 Å². The van der Waals surface area contributed by atoms with Gasteiger partial charge in [0.1, 0.15) is 6.61 Å². The fraction of sp³-hybridized carbons (Fsp3) is 0.560. The van der Waals surface area contributed by atoms with E-state index < -0.39 is 5.92 Å². The summed E-state index contributed by atoms with van der Waals surface area (Å²) in [5.41, 5.74) is 1.03. The normalized spacial score (nSPS) is 20.4. The maximum Gasteiger partial charge on any atom is 0.305 e. The van der Waals surface area contributed by atoms with Crippen LogP contribution in [-0.4, -0.2) is 61.9 Å². The molecule has 0 aliphatic carbocycles. The Bertz CT molecular complexity index is 753. The summed E-state index contributed by atoms with van der Waals surface area (Å²) in [6.07, 6.45) is 7.77. The van der Waals surface area contributed by atoms with Crippen LogP contribution in [0.15, 0.2) is 42.5 Å². The monoisotopic (exact) mass is 460 g/mol. The molecule has 0 saturated heterocycles. The number of nitrogens with one attached hydrogen (secondary N) is 2. The highest BCUT2D eigenvalue weighted by Crippen LogP contribution is 2.14. The molecule has 8 heteroatoms. The second kappa shape index (κ2) is 16.0. The van der Waals surface area contributed by atoms with Crippen molar-refractivity contribution in [3.8, 4) is 0 Å². The predicted octanol–water partition coefficient (Wildman–Crippen LogP) is 1.91. The highest BCUT2D eigenvalue weighted by molar-refractivity contribution is 5.86. The first-order chi connectivity index (χ1) is 16.1. The van der Waals surface area contributed by atoms with Gasteiger partial charge in [0.05, 0.1) is 31.8 Å². The van der Waals surface area contributed by atoms with Crippen molar-refractivity contribution in [1.82, 2.24) is 10.6 Å². The van der Waals surface area contributed by atoms with Gasteiger partial charge in [-0.05, 0) is 37.7 Å². The lowest BCUT2D eigenvalue weighted by molar-refractivity contribution is -0.145. The molecule has 0 unspecified atom stereocenters. The topological polar surface area (TPSA) is 114 Å². The number of benzene rings is 1. The molecule has 3 N–H and O–H groups in total. The van der Waals surface area contributed by atoms with E-state index in [1.54, 1.807) is 0 Å². The van der Waals surface area contributed by atoms with Crippen molar-refractivity contribution in [2.24, 2.45) is 5.92 Å². The number of ether oxygens (including phenoxy) is 2. The van der Waals surface area contributed by atoms with Gasteiger partial charge >= 0.3 is 5.97 Å². The van der Waals surface area contributed by atoms with Crippen molar-refractivity contribution < 1.29 is 29.0 Å². The van der Waals surface area contributed by atoms with Crippen LogP contribution in [0.1, 0.15) is 44.1 Å². The number of amides is 2. The molecule has 8 nitrogen and oxygen atoms in total. The van der Waals surface area contributed by atoms with Crippen LogP contribution in [0, 0.1) is 5.92 Å². The van der Waals surface area contributed by atoms with E-state index in [2.05, 4.69) is 10.6 Å². The summed E-state index contributed by atoms with van der Waals surface area (Å²) in [6.45, 7) is 0.862. The van der Waals surface area contributed by atoms with Gasteiger partial charge in [-0.3, -0.25) is 14.4 Å². The summed E-state index contributed by atoms with van der Waals surface area (Å²) in [4.78, 5) is 37.6. The van der Waals surface area contributed by atoms with Gasteiger partial charge in [-0.25, -0.2) is 0 Å². The molecule has 2 rings (SSSR count). The van der Waals surface area contributed by atoms with E-state index in [1.807, 2.05) is 42.5 Å². The Morgan fingerprint density at radius 1 is 1.15 bits per heavy atom. The van der Waals surface area contributed by atoms with Gasteiger partial charge in [-0.2, -0.15) is 0 Å². The molecule has 1 aliphatic rings. The minimum atomic E-state index is -0.531. The van der Waals surface area contributed by atoms with Gasteiger partial charge in [0, 0.05) is 19.4 Å². The second-order valence-corrected chi connectivity index (χ2v) is 8.12. The van der Waals surface area contributed by atoms with Crippen LogP contribution in [0.25, 0.3) is 0 Å². The number of carbonyl (C=O) groups is 3. The van der Waals surface area contributed by atoms with Crippen LogP contribution in [0.4, 0.5) is 0 Å². The fourth-order valence-electron chi connectivity index (χ4n) is 3.55. The standard InChI is InChI=1S/C25H36N2O6/c28-14-16-32-15-13-26-23(29)18-21-11-7-2-1-3-8-12-24(30)33-19-22(27-25(21)31)17-20-9-5-4-6-10-20/h2,4-7,9-10,21-22,28H,1,3,8,11-19H2,(H,26,29)(H,27,31)/t21-,22-/m1/s1. The molecule has 0 fully saturated rings. The van der Waals surface area contributed by atoms with Crippen LogP contribution in [0.5, 0.6) is 0 Å². The summed E-state index contributed by atoms with van der Waals surface area (Å²) in [6, 6.07) is 9.32. The molecule has 0 aromatic heterocycles. The number of rotatable bonds is 9. The molecule has 0 saturated carbocycles. The van der Waals surface area contributed by atoms with Gasteiger partial charge in [-0.15, -0.1) is 0 Å². The number of cyclic esters (lactones) is 1. The lowest BCUT2D eigenvalue weighted by Gasteiger charge is -2.23. The van der Waals surface area contributed by atoms with Crippen molar-refractivity contribution in [2.75, 3.05) is 33.0 Å². The van der Waals surface area contributed by atoms with Crippen molar-refractivity contribution in [3.05, 3.63) is 48.0 Å². The number of hydrogen-bond donors (Lipinski definition) is 3. The zero-order chi connectivity index (χ0) is 23.7. The number of esters is 1. The van der Waals surface area contributed by atoms with Crippen molar-refractivity contribution in [2.45, 2.75) is 51.0 Å². The van der Waals surface area contributed by atoms with E-state index in [4.69, 9.17) is 14.6 Å². The molecular weight excluding hydrogens is 424 g/mol. The Labute approximate surface area is 195 Å². The first kappa shape index (κ1) is 26.5. The zero-order valence-corrected chi connectivity index (χ0v) is 19.2. The Morgan fingerprint density at radius 2 is 1.97 bits per heavy atom. The molecule has 0 bridgehead atoms. The molecule has 2 amide bonds. The van der Waals surface area contributed by atoms with Gasteiger partial charge < -0.3 is 25.2 Å². The molecular formula is C25H36N2O6. The SMILES string of the molecule is O=C(C[C@H]1CC=CCCCCC(=O)OC[C@@H](Cc2ccccc2)NC1=O)NCCOCCO. The van der Waals surface area contributed by atoms with E-state index >= 15 is 0 Å². The summed E-state index contributed by atoms with van der Waals surface area (Å²) in [7, 11) is 0. The molecule has 33 heavy (non-hydrogen) atoms. The molecule has 1 aliphatic heterocycles. The van der Waals surface area contributed by atoms with E-state index in [0.29, 0.717) is 32.4 Å².